The molecular formula is C22H26ClN4O2+. The molecule has 0 bridgehead atoms. The normalized spacial score (nSPS) is 12.3. The Labute approximate surface area is 175 Å². The number of amides is 1. The molecule has 6 nitrogen and oxygen atoms in total. The van der Waals surface area contributed by atoms with Crippen LogP contribution in [0.25, 0.3) is 10.8 Å². The van der Waals surface area contributed by atoms with Crippen molar-refractivity contribution in [2.45, 2.75) is 19.9 Å². The zero-order valence-corrected chi connectivity index (χ0v) is 17.7. The van der Waals surface area contributed by atoms with Gasteiger partial charge in [0.2, 0.25) is 0 Å². The minimum absolute atomic E-state index is 0.0152. The maximum atomic E-state index is 13.0. The van der Waals surface area contributed by atoms with E-state index in [1.165, 1.54) is 9.58 Å². The second kappa shape index (κ2) is 9.20. The van der Waals surface area contributed by atoms with Crippen molar-refractivity contribution >= 4 is 28.3 Å². The molecule has 0 aliphatic carbocycles. The quantitative estimate of drug-likeness (QED) is 0.622. The van der Waals surface area contributed by atoms with E-state index in [1.807, 2.05) is 24.3 Å². The van der Waals surface area contributed by atoms with Gasteiger partial charge in [0, 0.05) is 23.0 Å². The third kappa shape index (κ3) is 4.33. The van der Waals surface area contributed by atoms with E-state index in [0.717, 1.165) is 18.7 Å². The van der Waals surface area contributed by atoms with Gasteiger partial charge >= 0.3 is 0 Å². The van der Waals surface area contributed by atoms with Gasteiger partial charge in [0.1, 0.15) is 6.04 Å². The molecule has 0 spiro atoms. The number of carbonyl (C=O) groups excluding carboxylic acids is 1. The Morgan fingerprint density at radius 2 is 1.72 bits per heavy atom. The lowest BCUT2D eigenvalue weighted by Gasteiger charge is -2.28. The molecule has 2 N–H and O–H groups in total. The van der Waals surface area contributed by atoms with E-state index in [0.29, 0.717) is 22.3 Å². The maximum absolute atomic E-state index is 13.0. The summed E-state index contributed by atoms with van der Waals surface area (Å²) in [6.07, 6.45) is 0. The van der Waals surface area contributed by atoms with Gasteiger partial charge in [-0.05, 0) is 26.0 Å². The number of hydrogen-bond donors (Lipinski definition) is 2. The average Bonchev–Trinajstić information content (AvgIpc) is 2.74. The summed E-state index contributed by atoms with van der Waals surface area (Å²) in [4.78, 5) is 26.6. The van der Waals surface area contributed by atoms with Gasteiger partial charge in [0.25, 0.3) is 11.5 Å². The number of likely N-dealkylation sites (N-methyl/N-ethyl adjacent to an activating group) is 1. The number of halogens is 1. The second-order valence-corrected chi connectivity index (χ2v) is 7.38. The number of quaternary nitrogens is 1. The molecule has 1 amide bonds. The van der Waals surface area contributed by atoms with Crippen molar-refractivity contribution < 1.29 is 9.69 Å². The number of fused-ring (bicyclic) bond motifs is 1. The van der Waals surface area contributed by atoms with Crippen molar-refractivity contribution in [3.8, 4) is 0 Å². The molecule has 1 atom stereocenters. The van der Waals surface area contributed by atoms with Gasteiger partial charge in [-0.2, -0.15) is 5.10 Å². The Balaban J connectivity index is 1.92. The summed E-state index contributed by atoms with van der Waals surface area (Å²) >= 11 is 6.45. The van der Waals surface area contributed by atoms with Crippen LogP contribution in [0, 0.1) is 0 Å². The highest BCUT2D eigenvalue weighted by Gasteiger charge is 2.25. The third-order valence-electron chi connectivity index (χ3n) is 5.32. The van der Waals surface area contributed by atoms with E-state index >= 15 is 0 Å². The molecule has 1 aromatic heterocycles. The number of benzene rings is 2. The lowest BCUT2D eigenvalue weighted by molar-refractivity contribution is -0.927. The van der Waals surface area contributed by atoms with E-state index in [-0.39, 0.29) is 23.2 Å². The molecule has 0 saturated carbocycles. The molecule has 3 aromatic rings. The molecule has 0 fully saturated rings. The Bertz CT molecular complexity index is 1080. The Morgan fingerprint density at radius 1 is 1.10 bits per heavy atom. The van der Waals surface area contributed by atoms with Crippen LogP contribution in [0.15, 0.2) is 53.3 Å². The largest absolute Gasteiger partial charge is 0.344 e. The third-order valence-corrected chi connectivity index (χ3v) is 5.66. The molecule has 0 saturated heterocycles. The first-order chi connectivity index (χ1) is 14.0. The average molecular weight is 414 g/mol. The van der Waals surface area contributed by atoms with Crippen molar-refractivity contribution in [1.82, 2.24) is 15.1 Å². The van der Waals surface area contributed by atoms with Crippen molar-refractivity contribution in [2.24, 2.45) is 7.05 Å². The molecule has 3 rings (SSSR count). The van der Waals surface area contributed by atoms with Gasteiger partial charge < -0.3 is 10.2 Å². The van der Waals surface area contributed by atoms with E-state index in [1.54, 1.807) is 31.3 Å². The van der Waals surface area contributed by atoms with E-state index < -0.39 is 0 Å². The van der Waals surface area contributed by atoms with Gasteiger partial charge in [0.05, 0.1) is 25.0 Å². The van der Waals surface area contributed by atoms with E-state index in [2.05, 4.69) is 24.3 Å². The van der Waals surface area contributed by atoms with Crippen LogP contribution in [0.4, 0.5) is 0 Å². The molecule has 29 heavy (non-hydrogen) atoms. The van der Waals surface area contributed by atoms with Crippen LogP contribution in [0.5, 0.6) is 0 Å². The van der Waals surface area contributed by atoms with Gasteiger partial charge in [-0.3, -0.25) is 9.59 Å². The Morgan fingerprint density at radius 3 is 2.38 bits per heavy atom. The van der Waals surface area contributed by atoms with Crippen LogP contribution >= 0.6 is 11.6 Å². The van der Waals surface area contributed by atoms with Crippen LogP contribution in [-0.4, -0.2) is 35.3 Å². The molecule has 152 valence electrons. The number of hydrogen-bond acceptors (Lipinski definition) is 3. The topological polar surface area (TPSA) is 68.4 Å². The molecule has 0 radical (unpaired) electrons. The summed E-state index contributed by atoms with van der Waals surface area (Å²) in [7, 11) is 1.55. The van der Waals surface area contributed by atoms with Crippen LogP contribution in [0.3, 0.4) is 0 Å². The first-order valence-corrected chi connectivity index (χ1v) is 10.2. The number of carbonyl (C=O) groups is 1. The highest BCUT2D eigenvalue weighted by Crippen LogP contribution is 2.21. The summed E-state index contributed by atoms with van der Waals surface area (Å²) in [6.45, 7) is 6.46. The second-order valence-electron chi connectivity index (χ2n) is 6.97. The fraction of sp³-hybridized carbons (Fsp3) is 0.318. The summed E-state index contributed by atoms with van der Waals surface area (Å²) in [6, 6.07) is 14.8. The first-order valence-electron chi connectivity index (χ1n) is 9.81. The predicted octanol–water partition coefficient (Wildman–Crippen LogP) is 1.98. The van der Waals surface area contributed by atoms with Crippen molar-refractivity contribution in [2.75, 3.05) is 19.6 Å². The molecule has 0 aliphatic rings. The van der Waals surface area contributed by atoms with Crippen LogP contribution in [-0.2, 0) is 7.05 Å². The van der Waals surface area contributed by atoms with E-state index in [9.17, 15) is 9.59 Å². The van der Waals surface area contributed by atoms with Gasteiger partial charge in [-0.25, -0.2) is 4.68 Å². The maximum Gasteiger partial charge on any atom is 0.274 e. The fourth-order valence-electron chi connectivity index (χ4n) is 3.72. The minimum Gasteiger partial charge on any atom is -0.344 e. The monoisotopic (exact) mass is 413 g/mol. The number of aryl methyl sites for hydroxylation is 1. The summed E-state index contributed by atoms with van der Waals surface area (Å²) < 4.78 is 1.21. The van der Waals surface area contributed by atoms with Gasteiger partial charge in [0.15, 0.2) is 5.69 Å². The van der Waals surface area contributed by atoms with Crippen LogP contribution in [0.2, 0.25) is 5.02 Å². The van der Waals surface area contributed by atoms with Crippen LogP contribution in [0.1, 0.15) is 35.9 Å². The molecule has 1 heterocycles. The number of nitrogens with zero attached hydrogens (tertiary/aromatic N) is 2. The van der Waals surface area contributed by atoms with Crippen molar-refractivity contribution in [1.29, 1.82) is 0 Å². The highest BCUT2D eigenvalue weighted by atomic mass is 35.5. The lowest BCUT2D eigenvalue weighted by Crippen LogP contribution is -3.12. The predicted molar refractivity (Wildman–Crippen MR) is 116 cm³/mol. The minimum atomic E-state index is -0.305. The summed E-state index contributed by atoms with van der Waals surface area (Å²) in [5, 5.41) is 8.95. The Kier molecular flexibility index (Phi) is 6.67. The fourth-order valence-corrected chi connectivity index (χ4v) is 3.99. The van der Waals surface area contributed by atoms with Crippen molar-refractivity contribution in [3.63, 3.8) is 0 Å². The SMILES string of the molecule is CC[NH+](CC)[C@H](CNC(=O)c1nn(C)c(=O)c2ccccc12)c1ccccc1Cl. The van der Waals surface area contributed by atoms with Crippen molar-refractivity contribution in [3.05, 3.63) is 75.2 Å². The summed E-state index contributed by atoms with van der Waals surface area (Å²) in [5.74, 6) is -0.305. The summed E-state index contributed by atoms with van der Waals surface area (Å²) in [5.41, 5.74) is 1.03. The molecule has 7 heteroatoms. The molecular weight excluding hydrogens is 388 g/mol. The number of rotatable bonds is 7. The standard InChI is InChI=1S/C22H25ClN4O2/c1-4-27(5-2)19(17-12-8-9-13-18(17)23)14-24-21(28)20-15-10-6-7-11-16(15)22(29)26(3)25-20/h6-13,19H,4-5,14H2,1-3H3,(H,24,28)/p+1/t19-/m1/s1. The lowest BCUT2D eigenvalue weighted by atomic mass is 10.0. The van der Waals surface area contributed by atoms with E-state index in [4.69, 9.17) is 11.6 Å². The van der Waals surface area contributed by atoms with Crippen LogP contribution < -0.4 is 15.8 Å². The zero-order chi connectivity index (χ0) is 21.0. The zero-order valence-electron chi connectivity index (χ0n) is 16.9. The van der Waals surface area contributed by atoms with Gasteiger partial charge in [-0.1, -0.05) is 48.0 Å². The highest BCUT2D eigenvalue weighted by molar-refractivity contribution is 6.31. The number of nitrogens with one attached hydrogen (secondary N) is 2. The smallest absolute Gasteiger partial charge is 0.274 e. The molecule has 2 aromatic carbocycles. The Hall–Kier alpha value is -2.70. The molecule has 0 aliphatic heterocycles. The van der Waals surface area contributed by atoms with Gasteiger partial charge in [-0.15, -0.1) is 0 Å². The molecule has 0 unspecified atom stereocenters. The number of aromatic nitrogens is 2. The first kappa shape index (κ1) is 21.0.